The van der Waals surface area contributed by atoms with Crippen molar-refractivity contribution in [3.63, 3.8) is 0 Å². The maximum absolute atomic E-state index is 11.5. The second-order valence-corrected chi connectivity index (χ2v) is 3.66. The molecular formula is C10H17NO2. The number of nitrogens with two attached hydrogens (primary N) is 1. The first-order chi connectivity index (χ1) is 6.13. The Morgan fingerprint density at radius 2 is 2.31 bits per heavy atom. The standard InChI is InChI=1S/C10H17NO2/c1-7(2)5-9(12)10-4-3-8(6-11)13-10/h8,10H,1,3-6,11H2,2H3. The van der Waals surface area contributed by atoms with Gasteiger partial charge in [0, 0.05) is 13.0 Å². The van der Waals surface area contributed by atoms with Crippen molar-refractivity contribution < 1.29 is 9.53 Å². The van der Waals surface area contributed by atoms with Crippen LogP contribution in [0.1, 0.15) is 26.2 Å². The molecule has 2 unspecified atom stereocenters. The second-order valence-electron chi connectivity index (χ2n) is 3.66. The lowest BCUT2D eigenvalue weighted by molar-refractivity contribution is -0.128. The van der Waals surface area contributed by atoms with Crippen molar-refractivity contribution in [2.24, 2.45) is 5.73 Å². The molecule has 1 fully saturated rings. The Morgan fingerprint density at radius 3 is 2.77 bits per heavy atom. The largest absolute Gasteiger partial charge is 0.366 e. The molecule has 0 spiro atoms. The molecule has 0 radical (unpaired) electrons. The molecule has 1 rings (SSSR count). The van der Waals surface area contributed by atoms with Crippen LogP contribution in [0.5, 0.6) is 0 Å². The summed E-state index contributed by atoms with van der Waals surface area (Å²) in [7, 11) is 0. The summed E-state index contributed by atoms with van der Waals surface area (Å²) in [5.74, 6) is 0.142. The maximum Gasteiger partial charge on any atom is 0.165 e. The Morgan fingerprint density at radius 1 is 1.62 bits per heavy atom. The summed E-state index contributed by atoms with van der Waals surface area (Å²) in [4.78, 5) is 11.5. The molecule has 1 aliphatic rings. The number of Topliss-reactive ketones (excluding diaryl/α,β-unsaturated/α-hetero) is 1. The molecule has 1 aliphatic heterocycles. The van der Waals surface area contributed by atoms with Crippen molar-refractivity contribution in [3.8, 4) is 0 Å². The van der Waals surface area contributed by atoms with Crippen molar-refractivity contribution in [2.75, 3.05) is 6.54 Å². The summed E-state index contributed by atoms with van der Waals surface area (Å²) in [6.07, 6.45) is 2.00. The molecule has 0 bridgehead atoms. The summed E-state index contributed by atoms with van der Waals surface area (Å²) in [5.41, 5.74) is 6.34. The van der Waals surface area contributed by atoms with Gasteiger partial charge in [-0.25, -0.2) is 0 Å². The number of hydrogen-bond donors (Lipinski definition) is 1. The molecule has 3 nitrogen and oxygen atoms in total. The summed E-state index contributed by atoms with van der Waals surface area (Å²) in [6.45, 7) is 6.07. The summed E-state index contributed by atoms with van der Waals surface area (Å²) >= 11 is 0. The first-order valence-electron chi connectivity index (χ1n) is 4.66. The third-order valence-electron chi connectivity index (χ3n) is 2.21. The monoisotopic (exact) mass is 183 g/mol. The third-order valence-corrected chi connectivity index (χ3v) is 2.21. The van der Waals surface area contributed by atoms with Gasteiger partial charge in [0.1, 0.15) is 6.10 Å². The topological polar surface area (TPSA) is 52.3 Å². The minimum atomic E-state index is -0.231. The molecule has 1 saturated heterocycles. The van der Waals surface area contributed by atoms with Gasteiger partial charge in [0.2, 0.25) is 0 Å². The maximum atomic E-state index is 11.5. The van der Waals surface area contributed by atoms with E-state index in [1.54, 1.807) is 0 Å². The molecule has 3 heteroatoms. The Bertz CT molecular complexity index is 213. The van der Waals surface area contributed by atoms with Crippen LogP contribution in [0.15, 0.2) is 12.2 Å². The van der Waals surface area contributed by atoms with Crippen LogP contribution in [0.25, 0.3) is 0 Å². The second kappa shape index (κ2) is 4.53. The van der Waals surface area contributed by atoms with E-state index in [-0.39, 0.29) is 18.0 Å². The zero-order valence-corrected chi connectivity index (χ0v) is 8.08. The predicted octanol–water partition coefficient (Wildman–Crippen LogP) is 1.03. The van der Waals surface area contributed by atoms with Crippen LogP contribution in [0.4, 0.5) is 0 Å². The Kier molecular flexibility index (Phi) is 3.63. The summed E-state index contributed by atoms with van der Waals surface area (Å²) in [5, 5.41) is 0. The van der Waals surface area contributed by atoms with Gasteiger partial charge in [-0.15, -0.1) is 0 Å². The van der Waals surface area contributed by atoms with Gasteiger partial charge in [-0.2, -0.15) is 0 Å². The fourth-order valence-corrected chi connectivity index (χ4v) is 1.53. The van der Waals surface area contributed by atoms with Gasteiger partial charge in [0.25, 0.3) is 0 Å². The van der Waals surface area contributed by atoms with E-state index in [0.29, 0.717) is 13.0 Å². The van der Waals surface area contributed by atoms with E-state index >= 15 is 0 Å². The highest BCUT2D eigenvalue weighted by molar-refractivity contribution is 5.85. The van der Waals surface area contributed by atoms with E-state index in [0.717, 1.165) is 18.4 Å². The highest BCUT2D eigenvalue weighted by Crippen LogP contribution is 2.21. The van der Waals surface area contributed by atoms with E-state index in [2.05, 4.69) is 6.58 Å². The van der Waals surface area contributed by atoms with Crippen LogP contribution >= 0.6 is 0 Å². The minimum absolute atomic E-state index is 0.0825. The number of rotatable bonds is 4. The molecule has 0 aromatic heterocycles. The van der Waals surface area contributed by atoms with E-state index in [4.69, 9.17) is 10.5 Å². The highest BCUT2D eigenvalue weighted by atomic mass is 16.5. The fraction of sp³-hybridized carbons (Fsp3) is 0.700. The van der Waals surface area contributed by atoms with Crippen molar-refractivity contribution in [1.82, 2.24) is 0 Å². The predicted molar refractivity (Wildman–Crippen MR) is 51.4 cm³/mol. The van der Waals surface area contributed by atoms with Gasteiger partial charge in [0.05, 0.1) is 6.10 Å². The van der Waals surface area contributed by atoms with Crippen molar-refractivity contribution >= 4 is 5.78 Å². The summed E-state index contributed by atoms with van der Waals surface area (Å²) in [6, 6.07) is 0. The van der Waals surface area contributed by atoms with Crippen molar-refractivity contribution in [2.45, 2.75) is 38.4 Å². The molecule has 0 aromatic carbocycles. The molecule has 0 aromatic rings. The molecule has 0 aliphatic carbocycles. The summed E-state index contributed by atoms with van der Waals surface area (Å²) < 4.78 is 5.46. The number of hydrogen-bond acceptors (Lipinski definition) is 3. The van der Waals surface area contributed by atoms with Gasteiger partial charge < -0.3 is 10.5 Å². The normalized spacial score (nSPS) is 27.5. The molecular weight excluding hydrogens is 166 g/mol. The molecule has 13 heavy (non-hydrogen) atoms. The number of ether oxygens (including phenoxy) is 1. The SMILES string of the molecule is C=C(C)CC(=O)C1CCC(CN)O1. The molecule has 2 N–H and O–H groups in total. The Balaban J connectivity index is 2.37. The van der Waals surface area contributed by atoms with E-state index < -0.39 is 0 Å². The van der Waals surface area contributed by atoms with E-state index in [1.165, 1.54) is 0 Å². The van der Waals surface area contributed by atoms with Crippen molar-refractivity contribution in [3.05, 3.63) is 12.2 Å². The van der Waals surface area contributed by atoms with Crippen LogP contribution in [-0.2, 0) is 9.53 Å². The lowest BCUT2D eigenvalue weighted by atomic mass is 10.1. The van der Waals surface area contributed by atoms with Crippen LogP contribution < -0.4 is 5.73 Å². The average molecular weight is 183 g/mol. The van der Waals surface area contributed by atoms with Crippen molar-refractivity contribution in [1.29, 1.82) is 0 Å². The number of carbonyl (C=O) groups excluding carboxylic acids is 1. The van der Waals surface area contributed by atoms with Gasteiger partial charge >= 0.3 is 0 Å². The molecule has 1 heterocycles. The first-order valence-corrected chi connectivity index (χ1v) is 4.66. The molecule has 2 atom stereocenters. The lowest BCUT2D eigenvalue weighted by Crippen LogP contribution is -2.25. The van der Waals surface area contributed by atoms with Crippen LogP contribution in [0, 0.1) is 0 Å². The average Bonchev–Trinajstić information content (AvgIpc) is 2.50. The highest BCUT2D eigenvalue weighted by Gasteiger charge is 2.29. The minimum Gasteiger partial charge on any atom is -0.366 e. The lowest BCUT2D eigenvalue weighted by Gasteiger charge is -2.10. The molecule has 74 valence electrons. The number of ketones is 1. The zero-order valence-electron chi connectivity index (χ0n) is 8.08. The zero-order chi connectivity index (χ0) is 9.84. The Labute approximate surface area is 78.9 Å². The number of allylic oxidation sites excluding steroid dienone is 1. The number of carbonyl (C=O) groups is 1. The van der Waals surface area contributed by atoms with E-state index in [1.807, 2.05) is 6.92 Å². The van der Waals surface area contributed by atoms with Crippen LogP contribution in [-0.4, -0.2) is 24.5 Å². The quantitative estimate of drug-likeness (QED) is 0.662. The van der Waals surface area contributed by atoms with Gasteiger partial charge in [-0.05, 0) is 19.8 Å². The smallest absolute Gasteiger partial charge is 0.165 e. The van der Waals surface area contributed by atoms with Gasteiger partial charge in [-0.3, -0.25) is 4.79 Å². The Hall–Kier alpha value is -0.670. The molecule has 0 saturated carbocycles. The van der Waals surface area contributed by atoms with Gasteiger partial charge in [0.15, 0.2) is 5.78 Å². The third kappa shape index (κ3) is 2.94. The van der Waals surface area contributed by atoms with Crippen LogP contribution in [0.3, 0.4) is 0 Å². The molecule has 0 amide bonds. The van der Waals surface area contributed by atoms with Gasteiger partial charge in [-0.1, -0.05) is 12.2 Å². The van der Waals surface area contributed by atoms with E-state index in [9.17, 15) is 4.79 Å². The first kappa shape index (κ1) is 10.4. The van der Waals surface area contributed by atoms with Crippen LogP contribution in [0.2, 0.25) is 0 Å². The fourth-order valence-electron chi connectivity index (χ4n) is 1.53.